The zero-order chi connectivity index (χ0) is 26.3. The van der Waals surface area contributed by atoms with E-state index >= 15 is 0 Å². The van der Waals surface area contributed by atoms with E-state index in [2.05, 4.69) is 13.8 Å². The fraction of sp³-hybridized carbons (Fsp3) is 0.310. The van der Waals surface area contributed by atoms with Crippen LogP contribution in [-0.4, -0.2) is 22.7 Å². The van der Waals surface area contributed by atoms with Crippen LogP contribution in [0.3, 0.4) is 0 Å². The summed E-state index contributed by atoms with van der Waals surface area (Å²) in [5.74, 6) is 1.42. The number of carbonyl (C=O) groups is 1. The van der Waals surface area contributed by atoms with Gasteiger partial charge in [0, 0.05) is 10.0 Å². The van der Waals surface area contributed by atoms with E-state index in [9.17, 15) is 4.79 Å². The van der Waals surface area contributed by atoms with E-state index in [1.165, 1.54) is 0 Å². The molecular weight excluding hydrogens is 515 g/mol. The minimum absolute atomic E-state index is 0.313. The Labute approximate surface area is 227 Å². The van der Waals surface area contributed by atoms with Crippen molar-refractivity contribution in [3.8, 4) is 5.75 Å². The molecule has 3 aromatic carbocycles. The molecule has 1 heterocycles. The second kappa shape index (κ2) is 10.1. The van der Waals surface area contributed by atoms with Gasteiger partial charge in [0.2, 0.25) is 0 Å². The molecule has 2 atom stereocenters. The summed E-state index contributed by atoms with van der Waals surface area (Å²) < 4.78 is 6.05. The van der Waals surface area contributed by atoms with Crippen molar-refractivity contribution in [2.24, 2.45) is 4.99 Å². The molecule has 7 heteroatoms. The van der Waals surface area contributed by atoms with Crippen LogP contribution in [0.5, 0.6) is 5.75 Å². The molecule has 0 fully saturated rings. The number of halogens is 3. The van der Waals surface area contributed by atoms with Crippen LogP contribution in [0.2, 0.25) is 10.0 Å². The van der Waals surface area contributed by atoms with Crippen LogP contribution < -0.4 is 4.74 Å². The van der Waals surface area contributed by atoms with Crippen LogP contribution >= 0.6 is 34.8 Å². The van der Waals surface area contributed by atoms with Crippen molar-refractivity contribution in [3.05, 3.63) is 99.0 Å². The Kier molecular flexibility index (Phi) is 7.43. The summed E-state index contributed by atoms with van der Waals surface area (Å²) in [5, 5.41) is 0.576. The highest BCUT2D eigenvalue weighted by Crippen LogP contribution is 2.54. The van der Waals surface area contributed by atoms with Gasteiger partial charge in [-0.05, 0) is 91.4 Å². The highest BCUT2D eigenvalue weighted by Gasteiger charge is 2.59. The van der Waals surface area contributed by atoms with Crippen molar-refractivity contribution in [2.45, 2.75) is 51.6 Å². The van der Waals surface area contributed by atoms with E-state index in [1.54, 1.807) is 4.90 Å². The van der Waals surface area contributed by atoms with Gasteiger partial charge in [0.1, 0.15) is 22.7 Å². The number of hydrogen-bond donors (Lipinski definition) is 0. The number of nitrogens with zero attached hydrogens (tertiary/aromatic N) is 2. The highest BCUT2D eigenvalue weighted by molar-refractivity contribution is 6.64. The molecule has 0 aliphatic carbocycles. The van der Waals surface area contributed by atoms with Gasteiger partial charge in [-0.15, -0.1) is 0 Å². The lowest BCUT2D eigenvalue weighted by Crippen LogP contribution is -2.53. The van der Waals surface area contributed by atoms with Crippen molar-refractivity contribution in [1.82, 2.24) is 4.90 Å². The largest absolute Gasteiger partial charge is 0.493 e. The quantitative estimate of drug-likeness (QED) is 0.230. The summed E-state index contributed by atoms with van der Waals surface area (Å²) in [7, 11) is 0. The number of aliphatic imine (C=N–C) groups is 1. The van der Waals surface area contributed by atoms with E-state index in [-0.39, 0.29) is 0 Å². The molecule has 0 bridgehead atoms. The predicted octanol–water partition coefficient (Wildman–Crippen LogP) is 8.77. The van der Waals surface area contributed by atoms with Crippen molar-refractivity contribution in [1.29, 1.82) is 0 Å². The summed E-state index contributed by atoms with van der Waals surface area (Å²) in [4.78, 5) is 20.0. The van der Waals surface area contributed by atoms with Gasteiger partial charge in [0.05, 0.1) is 12.2 Å². The molecule has 0 aromatic heterocycles. The van der Waals surface area contributed by atoms with Gasteiger partial charge in [0.25, 0.3) is 0 Å². The van der Waals surface area contributed by atoms with Crippen molar-refractivity contribution in [3.63, 3.8) is 0 Å². The molecule has 4 nitrogen and oxygen atoms in total. The average molecular weight is 544 g/mol. The van der Waals surface area contributed by atoms with E-state index < -0.39 is 16.4 Å². The number of benzene rings is 3. The SMILES string of the molecule is CCOc1cc(C(C)C)ccc1C1=NC(C)(c2ccc(Cl)cc2)C(C)(c2ccc(Cl)cc2)N1C(=O)Cl. The summed E-state index contributed by atoms with van der Waals surface area (Å²) in [5.41, 5.74) is 1.66. The number of amides is 1. The molecule has 0 N–H and O–H groups in total. The first-order valence-electron chi connectivity index (χ1n) is 11.9. The molecule has 0 saturated carbocycles. The van der Waals surface area contributed by atoms with Gasteiger partial charge in [-0.3, -0.25) is 14.7 Å². The van der Waals surface area contributed by atoms with Crippen molar-refractivity contribution < 1.29 is 9.53 Å². The fourth-order valence-electron chi connectivity index (χ4n) is 4.90. The van der Waals surface area contributed by atoms with Gasteiger partial charge >= 0.3 is 5.37 Å². The first-order chi connectivity index (χ1) is 17.0. The Bertz CT molecular complexity index is 1310. The molecule has 1 amide bonds. The van der Waals surface area contributed by atoms with E-state index in [1.807, 2.05) is 87.5 Å². The molecule has 0 saturated heterocycles. The van der Waals surface area contributed by atoms with Gasteiger partial charge in [-0.1, -0.05) is 67.4 Å². The second-order valence-corrected chi connectivity index (χ2v) is 10.7. The number of rotatable bonds is 6. The van der Waals surface area contributed by atoms with Crippen LogP contribution in [0.25, 0.3) is 0 Å². The third-order valence-electron chi connectivity index (χ3n) is 7.14. The van der Waals surface area contributed by atoms with E-state index in [0.717, 1.165) is 16.7 Å². The van der Waals surface area contributed by atoms with E-state index in [0.29, 0.717) is 39.7 Å². The lowest BCUT2D eigenvalue weighted by Gasteiger charge is -2.44. The minimum atomic E-state index is -0.986. The molecule has 3 aromatic rings. The summed E-state index contributed by atoms with van der Waals surface area (Å²) in [6, 6.07) is 21.0. The monoisotopic (exact) mass is 542 g/mol. The Morgan fingerprint density at radius 2 is 1.50 bits per heavy atom. The third-order valence-corrected chi connectivity index (χ3v) is 7.81. The lowest BCUT2D eigenvalue weighted by molar-refractivity contribution is 0.149. The van der Waals surface area contributed by atoms with Crippen molar-refractivity contribution >= 4 is 46.0 Å². The molecule has 1 aliphatic heterocycles. The third kappa shape index (κ3) is 4.40. The highest BCUT2D eigenvalue weighted by atomic mass is 35.5. The van der Waals surface area contributed by atoms with Crippen LogP contribution in [0.4, 0.5) is 4.79 Å². The molecule has 188 valence electrons. The van der Waals surface area contributed by atoms with Gasteiger partial charge < -0.3 is 4.74 Å². The number of carbonyl (C=O) groups excluding carboxylic acids is 1. The maximum absolute atomic E-state index is 13.2. The topological polar surface area (TPSA) is 41.9 Å². The minimum Gasteiger partial charge on any atom is -0.493 e. The smallest absolute Gasteiger partial charge is 0.322 e. The maximum atomic E-state index is 13.2. The molecule has 0 radical (unpaired) electrons. The van der Waals surface area contributed by atoms with Crippen LogP contribution in [0.1, 0.15) is 62.8 Å². The van der Waals surface area contributed by atoms with Gasteiger partial charge in [-0.2, -0.15) is 0 Å². The first-order valence-corrected chi connectivity index (χ1v) is 13.0. The standard InChI is InChI=1S/C29H29Cl3N2O2/c1-6-36-25-17-19(18(2)3)7-16-24(25)26-33-28(4,20-8-12-22(30)13-9-20)29(5,34(26)27(32)35)21-10-14-23(31)15-11-21/h7-18H,6H2,1-5H3. The number of ether oxygens (including phenoxy) is 1. The van der Waals surface area contributed by atoms with Gasteiger partial charge in [0.15, 0.2) is 0 Å². The number of hydrogen-bond acceptors (Lipinski definition) is 3. The van der Waals surface area contributed by atoms with Crippen molar-refractivity contribution in [2.75, 3.05) is 6.61 Å². The summed E-state index contributed by atoms with van der Waals surface area (Å²) in [6.45, 7) is 10.6. The zero-order valence-corrected chi connectivity index (χ0v) is 23.2. The lowest BCUT2D eigenvalue weighted by atomic mass is 9.71. The molecule has 4 rings (SSSR count). The maximum Gasteiger partial charge on any atom is 0.322 e. The first kappa shape index (κ1) is 26.5. The Morgan fingerprint density at radius 1 is 0.944 bits per heavy atom. The summed E-state index contributed by atoms with van der Waals surface area (Å²) in [6.07, 6.45) is 0. The summed E-state index contributed by atoms with van der Waals surface area (Å²) >= 11 is 18.8. The second-order valence-electron chi connectivity index (χ2n) is 9.53. The Morgan fingerprint density at radius 3 is 2.00 bits per heavy atom. The van der Waals surface area contributed by atoms with Crippen LogP contribution in [0.15, 0.2) is 71.7 Å². The zero-order valence-electron chi connectivity index (χ0n) is 21.0. The molecular formula is C29H29Cl3N2O2. The number of amidine groups is 1. The molecule has 0 spiro atoms. The predicted molar refractivity (Wildman–Crippen MR) is 149 cm³/mol. The fourth-order valence-corrected chi connectivity index (χ4v) is 5.40. The van der Waals surface area contributed by atoms with E-state index in [4.69, 9.17) is 44.5 Å². The molecule has 36 heavy (non-hydrogen) atoms. The average Bonchev–Trinajstić information content (AvgIpc) is 3.08. The van der Waals surface area contributed by atoms with Crippen LogP contribution in [-0.2, 0) is 11.1 Å². The Balaban J connectivity index is 2.03. The van der Waals surface area contributed by atoms with Crippen LogP contribution in [0, 0.1) is 0 Å². The Hall–Kier alpha value is -2.53. The van der Waals surface area contributed by atoms with Gasteiger partial charge in [-0.25, -0.2) is 0 Å². The molecule has 1 aliphatic rings. The molecule has 2 unspecified atom stereocenters. The normalized spacial score (nSPS) is 21.6.